The minimum Gasteiger partial charge on any atom is -0.317 e. The number of nitrogens with one attached hydrogen (secondary N) is 1. The molecule has 0 saturated carbocycles. The fourth-order valence-corrected chi connectivity index (χ4v) is 3.72. The average molecular weight is 332 g/mol. The van der Waals surface area contributed by atoms with E-state index in [4.69, 9.17) is 11.6 Å². The Hall–Kier alpha value is -0.0900. The number of rotatable bonds is 4. The monoisotopic (exact) mass is 330 g/mol. The summed E-state index contributed by atoms with van der Waals surface area (Å²) in [5, 5.41) is 4.26. The summed E-state index contributed by atoms with van der Waals surface area (Å²) in [6.07, 6.45) is 1.25. The van der Waals surface area contributed by atoms with Crippen molar-refractivity contribution in [2.75, 3.05) is 26.7 Å². The Labute approximate surface area is 123 Å². The molecule has 4 heteroatoms. The van der Waals surface area contributed by atoms with E-state index in [-0.39, 0.29) is 0 Å². The highest BCUT2D eigenvalue weighted by molar-refractivity contribution is 9.10. The van der Waals surface area contributed by atoms with Crippen LogP contribution in [0, 0.1) is 5.92 Å². The lowest BCUT2D eigenvalue weighted by atomic mass is 9.93. The third-order valence-corrected chi connectivity index (χ3v) is 4.63. The largest absolute Gasteiger partial charge is 0.317 e. The second kappa shape index (κ2) is 6.38. The van der Waals surface area contributed by atoms with Crippen LogP contribution in [0.5, 0.6) is 0 Å². The molecule has 18 heavy (non-hydrogen) atoms. The highest BCUT2D eigenvalue weighted by atomic mass is 79.9. The lowest BCUT2D eigenvalue weighted by molar-refractivity contribution is 0.272. The average Bonchev–Trinajstić information content (AvgIpc) is 2.68. The van der Waals surface area contributed by atoms with Gasteiger partial charge in [0.1, 0.15) is 0 Å². The highest BCUT2D eigenvalue weighted by Gasteiger charge is 2.33. The van der Waals surface area contributed by atoms with Gasteiger partial charge in [-0.15, -0.1) is 0 Å². The molecule has 2 nitrogen and oxygen atoms in total. The summed E-state index contributed by atoms with van der Waals surface area (Å²) in [6.45, 7) is 5.44. The Kier molecular flexibility index (Phi) is 5.07. The first kappa shape index (κ1) is 14.3. The first-order valence-electron chi connectivity index (χ1n) is 6.49. The van der Waals surface area contributed by atoms with E-state index in [1.165, 1.54) is 12.0 Å². The van der Waals surface area contributed by atoms with Gasteiger partial charge in [-0.1, -0.05) is 40.5 Å². The number of hydrogen-bond acceptors (Lipinski definition) is 2. The molecular formula is C14H20BrClN2. The number of halogens is 2. The molecule has 1 aromatic carbocycles. The van der Waals surface area contributed by atoms with Gasteiger partial charge in [-0.3, -0.25) is 4.90 Å². The van der Waals surface area contributed by atoms with Gasteiger partial charge in [0.05, 0.1) is 0 Å². The molecule has 2 atom stereocenters. The maximum atomic E-state index is 6.02. The van der Waals surface area contributed by atoms with E-state index < -0.39 is 0 Å². The van der Waals surface area contributed by atoms with Crippen LogP contribution in [0.25, 0.3) is 0 Å². The fraction of sp³-hybridized carbons (Fsp3) is 0.571. The zero-order valence-corrected chi connectivity index (χ0v) is 13.3. The smallest absolute Gasteiger partial charge is 0.0417 e. The van der Waals surface area contributed by atoms with Crippen LogP contribution in [0.1, 0.15) is 24.9 Å². The Bertz CT molecular complexity index is 411. The van der Waals surface area contributed by atoms with Gasteiger partial charge < -0.3 is 5.32 Å². The van der Waals surface area contributed by atoms with E-state index in [2.05, 4.69) is 46.2 Å². The van der Waals surface area contributed by atoms with Crippen LogP contribution in [0.15, 0.2) is 22.7 Å². The second-order valence-electron chi connectivity index (χ2n) is 4.95. The molecule has 1 aliphatic rings. The molecule has 1 aromatic rings. The van der Waals surface area contributed by atoms with Gasteiger partial charge in [0, 0.05) is 15.5 Å². The van der Waals surface area contributed by atoms with Crippen molar-refractivity contribution < 1.29 is 0 Å². The van der Waals surface area contributed by atoms with E-state index in [9.17, 15) is 0 Å². The predicted molar refractivity (Wildman–Crippen MR) is 81.2 cm³/mol. The molecule has 1 aliphatic heterocycles. The van der Waals surface area contributed by atoms with Crippen molar-refractivity contribution >= 4 is 27.5 Å². The Balaban J connectivity index is 2.22. The van der Waals surface area contributed by atoms with E-state index in [0.29, 0.717) is 12.0 Å². The molecule has 2 unspecified atom stereocenters. The van der Waals surface area contributed by atoms with Gasteiger partial charge >= 0.3 is 0 Å². The Morgan fingerprint density at radius 2 is 2.28 bits per heavy atom. The van der Waals surface area contributed by atoms with Crippen LogP contribution in [0.3, 0.4) is 0 Å². The maximum absolute atomic E-state index is 6.02. The Morgan fingerprint density at radius 3 is 2.94 bits per heavy atom. The van der Waals surface area contributed by atoms with Crippen molar-refractivity contribution in [3.63, 3.8) is 0 Å². The molecular weight excluding hydrogens is 312 g/mol. The van der Waals surface area contributed by atoms with Crippen LogP contribution >= 0.6 is 27.5 Å². The van der Waals surface area contributed by atoms with E-state index in [0.717, 1.165) is 29.1 Å². The van der Waals surface area contributed by atoms with Gasteiger partial charge in [-0.05, 0) is 56.7 Å². The van der Waals surface area contributed by atoms with E-state index in [1.807, 2.05) is 12.1 Å². The van der Waals surface area contributed by atoms with Gasteiger partial charge in [-0.25, -0.2) is 0 Å². The normalized spacial score (nSPS) is 24.7. The van der Waals surface area contributed by atoms with Crippen LogP contribution in [0.4, 0.5) is 0 Å². The molecule has 1 N–H and O–H groups in total. The SMILES string of the molecule is CCNCC1CCN(C)C1c1ccc(Cl)cc1Br. The number of hydrogen-bond donors (Lipinski definition) is 1. The molecule has 0 radical (unpaired) electrons. The third kappa shape index (κ3) is 3.08. The molecule has 0 bridgehead atoms. The molecule has 2 rings (SSSR count). The van der Waals surface area contributed by atoms with E-state index >= 15 is 0 Å². The van der Waals surface area contributed by atoms with Crippen molar-refractivity contribution in [3.05, 3.63) is 33.3 Å². The summed E-state index contributed by atoms with van der Waals surface area (Å²) in [4.78, 5) is 2.44. The molecule has 1 saturated heterocycles. The third-order valence-electron chi connectivity index (χ3n) is 3.71. The summed E-state index contributed by atoms with van der Waals surface area (Å²) >= 11 is 9.67. The molecule has 0 aromatic heterocycles. The summed E-state index contributed by atoms with van der Waals surface area (Å²) in [5.74, 6) is 0.674. The first-order chi connectivity index (χ1) is 8.63. The summed E-state index contributed by atoms with van der Waals surface area (Å²) in [7, 11) is 2.21. The molecule has 1 fully saturated rings. The molecule has 1 heterocycles. The lowest BCUT2D eigenvalue weighted by Gasteiger charge is -2.26. The van der Waals surface area contributed by atoms with Gasteiger partial charge in [0.15, 0.2) is 0 Å². The van der Waals surface area contributed by atoms with Crippen molar-refractivity contribution in [1.82, 2.24) is 10.2 Å². The lowest BCUT2D eigenvalue weighted by Crippen LogP contribution is -2.28. The zero-order chi connectivity index (χ0) is 13.1. The number of likely N-dealkylation sites (tertiary alicyclic amines) is 1. The van der Waals surface area contributed by atoms with Crippen LogP contribution in [-0.2, 0) is 0 Å². The van der Waals surface area contributed by atoms with Crippen LogP contribution in [-0.4, -0.2) is 31.6 Å². The maximum Gasteiger partial charge on any atom is 0.0417 e. The van der Waals surface area contributed by atoms with E-state index in [1.54, 1.807) is 0 Å². The standard InChI is InChI=1S/C14H20BrClN2/c1-3-17-9-10-6-7-18(2)14(10)12-5-4-11(16)8-13(12)15/h4-5,8,10,14,17H,3,6-7,9H2,1-2H3. The number of benzene rings is 1. The Morgan fingerprint density at radius 1 is 1.50 bits per heavy atom. The minimum absolute atomic E-state index is 0.482. The molecule has 100 valence electrons. The zero-order valence-electron chi connectivity index (χ0n) is 10.9. The van der Waals surface area contributed by atoms with Gasteiger partial charge in [-0.2, -0.15) is 0 Å². The topological polar surface area (TPSA) is 15.3 Å². The van der Waals surface area contributed by atoms with Crippen molar-refractivity contribution in [3.8, 4) is 0 Å². The molecule has 0 amide bonds. The number of nitrogens with zero attached hydrogens (tertiary/aromatic N) is 1. The highest BCUT2D eigenvalue weighted by Crippen LogP contribution is 2.39. The molecule has 0 spiro atoms. The predicted octanol–water partition coefficient (Wildman–Crippen LogP) is 3.70. The summed E-state index contributed by atoms with van der Waals surface area (Å²) in [6, 6.07) is 6.61. The summed E-state index contributed by atoms with van der Waals surface area (Å²) < 4.78 is 1.12. The minimum atomic E-state index is 0.482. The van der Waals surface area contributed by atoms with Crippen molar-refractivity contribution in [1.29, 1.82) is 0 Å². The van der Waals surface area contributed by atoms with Crippen LogP contribution in [0.2, 0.25) is 5.02 Å². The summed E-state index contributed by atoms with van der Waals surface area (Å²) in [5.41, 5.74) is 1.35. The van der Waals surface area contributed by atoms with Crippen molar-refractivity contribution in [2.24, 2.45) is 5.92 Å². The fourth-order valence-electron chi connectivity index (χ4n) is 2.80. The van der Waals surface area contributed by atoms with Gasteiger partial charge in [0.25, 0.3) is 0 Å². The van der Waals surface area contributed by atoms with Crippen molar-refractivity contribution in [2.45, 2.75) is 19.4 Å². The first-order valence-corrected chi connectivity index (χ1v) is 7.66. The molecule has 0 aliphatic carbocycles. The second-order valence-corrected chi connectivity index (χ2v) is 6.24. The quantitative estimate of drug-likeness (QED) is 0.905. The van der Waals surface area contributed by atoms with Gasteiger partial charge in [0.2, 0.25) is 0 Å². The van der Waals surface area contributed by atoms with Crippen LogP contribution < -0.4 is 5.32 Å².